The van der Waals surface area contributed by atoms with E-state index < -0.39 is 0 Å². The molecule has 4 heteroatoms. The van der Waals surface area contributed by atoms with E-state index in [9.17, 15) is 0 Å². The van der Waals surface area contributed by atoms with Crippen LogP contribution in [0.5, 0.6) is 0 Å². The minimum Gasteiger partial charge on any atom is -0.366 e. The van der Waals surface area contributed by atoms with Crippen molar-refractivity contribution in [2.75, 3.05) is 17.2 Å². The lowest BCUT2D eigenvalue weighted by molar-refractivity contribution is 0.852. The minimum atomic E-state index is 0.668. The smallest absolute Gasteiger partial charge is 0.224 e. The average Bonchev–Trinajstić information content (AvgIpc) is 2.66. The Morgan fingerprint density at radius 2 is 1.64 bits per heavy atom. The summed E-state index contributed by atoms with van der Waals surface area (Å²) in [4.78, 5) is 8.80. The zero-order valence-corrected chi connectivity index (χ0v) is 14.6. The van der Waals surface area contributed by atoms with Crippen molar-refractivity contribution in [1.29, 1.82) is 0 Å². The van der Waals surface area contributed by atoms with E-state index in [1.165, 1.54) is 16.7 Å². The zero-order valence-electron chi connectivity index (χ0n) is 14.6. The number of nitrogens with one attached hydrogen (secondary N) is 2. The monoisotopic (exact) mass is 332 g/mol. The van der Waals surface area contributed by atoms with Crippen LogP contribution in [0.3, 0.4) is 0 Å². The highest BCUT2D eigenvalue weighted by molar-refractivity contribution is 5.40. The number of rotatable bonds is 8. The van der Waals surface area contributed by atoms with Gasteiger partial charge in [-0.2, -0.15) is 4.98 Å². The number of aryl methyl sites for hydroxylation is 2. The van der Waals surface area contributed by atoms with Gasteiger partial charge in [0.05, 0.1) is 0 Å². The highest BCUT2D eigenvalue weighted by Crippen LogP contribution is 2.10. The number of benzene rings is 2. The van der Waals surface area contributed by atoms with E-state index >= 15 is 0 Å². The van der Waals surface area contributed by atoms with Gasteiger partial charge in [0.2, 0.25) is 5.95 Å². The SMILES string of the molecule is Cc1ccc(CNc2ccnc(NCCCc3ccccc3)n2)cc1. The fourth-order valence-electron chi connectivity index (χ4n) is 2.58. The van der Waals surface area contributed by atoms with Crippen LogP contribution in [0.25, 0.3) is 0 Å². The highest BCUT2D eigenvalue weighted by Gasteiger charge is 2.00. The lowest BCUT2D eigenvalue weighted by atomic mass is 10.1. The molecule has 3 aromatic rings. The number of hydrogen-bond acceptors (Lipinski definition) is 4. The summed E-state index contributed by atoms with van der Waals surface area (Å²) in [5.41, 5.74) is 3.87. The van der Waals surface area contributed by atoms with E-state index in [0.717, 1.165) is 31.7 Å². The van der Waals surface area contributed by atoms with Crippen LogP contribution in [0.2, 0.25) is 0 Å². The third kappa shape index (κ3) is 5.60. The van der Waals surface area contributed by atoms with Crippen LogP contribution >= 0.6 is 0 Å². The van der Waals surface area contributed by atoms with Gasteiger partial charge in [0.15, 0.2) is 0 Å². The third-order valence-electron chi connectivity index (χ3n) is 4.02. The van der Waals surface area contributed by atoms with Crippen LogP contribution in [0.4, 0.5) is 11.8 Å². The summed E-state index contributed by atoms with van der Waals surface area (Å²) < 4.78 is 0. The van der Waals surface area contributed by atoms with Gasteiger partial charge in [-0.05, 0) is 37.0 Å². The molecule has 0 saturated heterocycles. The summed E-state index contributed by atoms with van der Waals surface area (Å²) in [6.45, 7) is 3.71. The Morgan fingerprint density at radius 3 is 2.44 bits per heavy atom. The van der Waals surface area contributed by atoms with Crippen LogP contribution in [-0.4, -0.2) is 16.5 Å². The number of hydrogen-bond donors (Lipinski definition) is 2. The van der Waals surface area contributed by atoms with Gasteiger partial charge in [-0.1, -0.05) is 60.2 Å². The zero-order chi connectivity index (χ0) is 17.3. The second-order valence-corrected chi connectivity index (χ2v) is 6.12. The fraction of sp³-hybridized carbons (Fsp3) is 0.238. The third-order valence-corrected chi connectivity index (χ3v) is 4.02. The Hall–Kier alpha value is -2.88. The second-order valence-electron chi connectivity index (χ2n) is 6.12. The van der Waals surface area contributed by atoms with Crippen molar-refractivity contribution in [1.82, 2.24) is 9.97 Å². The molecule has 0 aliphatic carbocycles. The van der Waals surface area contributed by atoms with Gasteiger partial charge in [0.1, 0.15) is 5.82 Å². The van der Waals surface area contributed by atoms with Crippen LogP contribution in [0, 0.1) is 6.92 Å². The summed E-state index contributed by atoms with van der Waals surface area (Å²) in [5, 5.41) is 6.64. The lowest BCUT2D eigenvalue weighted by Crippen LogP contribution is -2.08. The first kappa shape index (κ1) is 17.0. The minimum absolute atomic E-state index is 0.668. The van der Waals surface area contributed by atoms with Crippen LogP contribution < -0.4 is 10.6 Å². The van der Waals surface area contributed by atoms with E-state index in [1.54, 1.807) is 6.20 Å². The summed E-state index contributed by atoms with van der Waals surface area (Å²) in [6.07, 6.45) is 3.89. The molecular formula is C21H24N4. The van der Waals surface area contributed by atoms with E-state index in [2.05, 4.69) is 76.1 Å². The van der Waals surface area contributed by atoms with E-state index in [4.69, 9.17) is 0 Å². The number of nitrogens with zero attached hydrogens (tertiary/aromatic N) is 2. The predicted molar refractivity (Wildman–Crippen MR) is 104 cm³/mol. The van der Waals surface area contributed by atoms with Crippen LogP contribution in [0.15, 0.2) is 66.9 Å². The van der Waals surface area contributed by atoms with Crippen molar-refractivity contribution in [3.8, 4) is 0 Å². The normalized spacial score (nSPS) is 10.4. The lowest BCUT2D eigenvalue weighted by Gasteiger charge is -2.09. The Kier molecular flexibility index (Phi) is 5.99. The molecule has 2 N–H and O–H groups in total. The maximum absolute atomic E-state index is 4.52. The van der Waals surface area contributed by atoms with Gasteiger partial charge in [0.25, 0.3) is 0 Å². The molecule has 25 heavy (non-hydrogen) atoms. The topological polar surface area (TPSA) is 49.8 Å². The Morgan fingerprint density at radius 1 is 0.840 bits per heavy atom. The van der Waals surface area contributed by atoms with Crippen molar-refractivity contribution in [3.05, 3.63) is 83.6 Å². The second kappa shape index (κ2) is 8.83. The molecule has 1 aromatic heterocycles. The van der Waals surface area contributed by atoms with Gasteiger partial charge in [-0.25, -0.2) is 4.98 Å². The maximum atomic E-state index is 4.52. The molecule has 128 valence electrons. The predicted octanol–water partition coefficient (Wildman–Crippen LogP) is 4.44. The number of aromatic nitrogens is 2. The molecule has 2 aromatic carbocycles. The molecule has 0 spiro atoms. The van der Waals surface area contributed by atoms with Gasteiger partial charge >= 0.3 is 0 Å². The van der Waals surface area contributed by atoms with Crippen LogP contribution in [0.1, 0.15) is 23.1 Å². The quantitative estimate of drug-likeness (QED) is 0.599. The summed E-state index contributed by atoms with van der Waals surface area (Å²) in [6, 6.07) is 20.9. The van der Waals surface area contributed by atoms with Crippen LogP contribution in [-0.2, 0) is 13.0 Å². The Labute approximate surface area is 149 Å². The molecule has 0 amide bonds. The molecule has 0 radical (unpaired) electrons. The summed E-state index contributed by atoms with van der Waals surface area (Å²) in [7, 11) is 0. The van der Waals surface area contributed by atoms with Crippen molar-refractivity contribution >= 4 is 11.8 Å². The Balaban J connectivity index is 1.45. The standard InChI is InChI=1S/C21H24N4/c1-17-9-11-19(12-10-17)16-24-20-13-15-23-21(25-20)22-14-5-8-18-6-3-2-4-7-18/h2-4,6-7,9-13,15H,5,8,14,16H2,1H3,(H2,22,23,24,25). The van der Waals surface area contributed by atoms with Gasteiger partial charge < -0.3 is 10.6 Å². The molecule has 0 bridgehead atoms. The molecule has 1 heterocycles. The fourth-order valence-corrected chi connectivity index (χ4v) is 2.58. The molecule has 4 nitrogen and oxygen atoms in total. The molecule has 0 aliphatic rings. The number of anilines is 2. The molecule has 3 rings (SSSR count). The average molecular weight is 332 g/mol. The first-order valence-corrected chi connectivity index (χ1v) is 8.70. The van der Waals surface area contributed by atoms with Gasteiger partial charge in [0, 0.05) is 19.3 Å². The molecule has 0 fully saturated rings. The largest absolute Gasteiger partial charge is 0.366 e. The molecule has 0 atom stereocenters. The molecule has 0 aliphatic heterocycles. The van der Waals surface area contributed by atoms with Crippen molar-refractivity contribution in [2.45, 2.75) is 26.3 Å². The first-order valence-electron chi connectivity index (χ1n) is 8.70. The maximum Gasteiger partial charge on any atom is 0.224 e. The summed E-state index contributed by atoms with van der Waals surface area (Å²) >= 11 is 0. The summed E-state index contributed by atoms with van der Waals surface area (Å²) in [5.74, 6) is 1.50. The van der Waals surface area contributed by atoms with Gasteiger partial charge in [-0.15, -0.1) is 0 Å². The Bertz CT molecular complexity index is 769. The molecule has 0 unspecified atom stereocenters. The molecule has 0 saturated carbocycles. The van der Waals surface area contributed by atoms with Crippen molar-refractivity contribution < 1.29 is 0 Å². The highest BCUT2D eigenvalue weighted by atomic mass is 15.1. The van der Waals surface area contributed by atoms with E-state index in [0.29, 0.717) is 5.95 Å². The van der Waals surface area contributed by atoms with Crippen molar-refractivity contribution in [2.24, 2.45) is 0 Å². The van der Waals surface area contributed by atoms with Gasteiger partial charge in [-0.3, -0.25) is 0 Å². The molecular weight excluding hydrogens is 308 g/mol. The first-order chi connectivity index (χ1) is 12.3. The van der Waals surface area contributed by atoms with Crippen molar-refractivity contribution in [3.63, 3.8) is 0 Å². The van der Waals surface area contributed by atoms with E-state index in [1.807, 2.05) is 12.1 Å². The van der Waals surface area contributed by atoms with E-state index in [-0.39, 0.29) is 0 Å².